The molecule has 0 radical (unpaired) electrons. The number of anilines is 1. The van der Waals surface area contributed by atoms with Gasteiger partial charge in [0, 0.05) is 18.0 Å². The number of methoxy groups -OCH3 is 2. The first kappa shape index (κ1) is 23.9. The first-order chi connectivity index (χ1) is 14.9. The van der Waals surface area contributed by atoms with Crippen LogP contribution in [0.2, 0.25) is 0 Å². The first-order valence-corrected chi connectivity index (χ1v) is 9.89. The van der Waals surface area contributed by atoms with E-state index in [1.54, 1.807) is 31.4 Å². The molecule has 0 aliphatic carbocycles. The monoisotopic (exact) mass is 555 g/mol. The van der Waals surface area contributed by atoms with Gasteiger partial charge < -0.3 is 39.3 Å². The lowest BCUT2D eigenvalue weighted by atomic mass is 9.88. The average Bonchev–Trinajstić information content (AvgIpc) is 3.20. The molecule has 0 spiro atoms. The molecule has 0 aromatic heterocycles. The summed E-state index contributed by atoms with van der Waals surface area (Å²) in [6, 6.07) is 8.10. The number of hydrogen-bond donors (Lipinski definition) is 2. The van der Waals surface area contributed by atoms with E-state index >= 15 is 0 Å². The van der Waals surface area contributed by atoms with E-state index in [1.165, 1.54) is 7.11 Å². The summed E-state index contributed by atoms with van der Waals surface area (Å²) in [4.78, 5) is 13.6. The fourth-order valence-corrected chi connectivity index (χ4v) is 4.40. The number of halogens is 1. The van der Waals surface area contributed by atoms with E-state index in [2.05, 4.69) is 5.32 Å². The minimum absolute atomic E-state index is 0. The molecule has 0 saturated heterocycles. The van der Waals surface area contributed by atoms with Gasteiger partial charge in [0.25, 0.3) is 5.91 Å². The van der Waals surface area contributed by atoms with Crippen LogP contribution < -0.4 is 29.4 Å². The second-order valence-corrected chi connectivity index (χ2v) is 7.87. The Balaban J connectivity index is 0.00000289. The molecule has 1 amide bonds. The normalized spacial score (nSPS) is 20.5. The molecular weight excluding hydrogens is 529 g/mol. The Bertz CT molecular complexity index is 1030. The van der Waals surface area contributed by atoms with Crippen LogP contribution >= 0.6 is 24.0 Å². The van der Waals surface area contributed by atoms with Gasteiger partial charge in [0.1, 0.15) is 12.3 Å². The van der Waals surface area contributed by atoms with E-state index in [-0.39, 0.29) is 47.7 Å². The highest BCUT2D eigenvalue weighted by Gasteiger charge is 2.47. The number of ether oxygens (including phenoxy) is 4. The van der Waals surface area contributed by atoms with Gasteiger partial charge in [0.15, 0.2) is 17.5 Å². The molecule has 32 heavy (non-hydrogen) atoms. The fourth-order valence-electron chi connectivity index (χ4n) is 4.40. The molecule has 10 heteroatoms. The topological polar surface area (TPSA) is 113 Å². The molecule has 2 aliphatic heterocycles. The summed E-state index contributed by atoms with van der Waals surface area (Å²) in [5.41, 5.74) is 2.16. The summed E-state index contributed by atoms with van der Waals surface area (Å²) in [5.74, 6) is 1.11. The zero-order valence-corrected chi connectivity index (χ0v) is 20.4. The molecule has 4 rings (SSSR count). The van der Waals surface area contributed by atoms with E-state index in [1.807, 2.05) is 13.1 Å². The number of hydrogen-bond acceptors (Lipinski definition) is 7. The zero-order chi connectivity index (χ0) is 22.2. The molecule has 2 aromatic carbocycles. The van der Waals surface area contributed by atoms with Crippen LogP contribution in [0.15, 0.2) is 30.3 Å². The molecule has 2 heterocycles. The molecule has 0 bridgehead atoms. The maximum absolute atomic E-state index is 13.6. The minimum atomic E-state index is -0.774. The van der Waals surface area contributed by atoms with Gasteiger partial charge in [-0.15, -0.1) is 24.0 Å². The maximum Gasteiger partial charge on any atom is 0.287 e. The summed E-state index contributed by atoms with van der Waals surface area (Å²) < 4.78 is 22.0. The van der Waals surface area contributed by atoms with Crippen molar-refractivity contribution in [3.63, 3.8) is 0 Å². The number of nitrogens with one attached hydrogen (secondary N) is 2. The summed E-state index contributed by atoms with van der Waals surface area (Å²) in [6.45, 7) is 0.494. The van der Waals surface area contributed by atoms with Gasteiger partial charge in [-0.25, -0.2) is 0 Å². The summed E-state index contributed by atoms with van der Waals surface area (Å²) in [5, 5.41) is 22.3. The van der Waals surface area contributed by atoms with Crippen molar-refractivity contribution in [3.05, 3.63) is 41.5 Å². The van der Waals surface area contributed by atoms with Crippen LogP contribution in [0.5, 0.6) is 23.0 Å². The number of nitrogens with zero attached hydrogens (tertiary/aromatic N) is 1. The predicted molar refractivity (Wildman–Crippen MR) is 126 cm³/mol. The Hall–Kier alpha value is -2.73. The number of likely N-dealkylation sites (N-methyl/N-ethyl adjacent to an activating group) is 1. The van der Waals surface area contributed by atoms with Gasteiger partial charge in [0.2, 0.25) is 12.5 Å². The third-order valence-corrected chi connectivity index (χ3v) is 5.85. The number of rotatable bonds is 6. The maximum atomic E-state index is 13.6. The minimum Gasteiger partial charge on any atom is -0.858 e. The number of fused-ring (bicyclic) bond motifs is 2. The molecule has 2 atom stereocenters. The van der Waals surface area contributed by atoms with Gasteiger partial charge in [-0.2, -0.15) is 0 Å². The van der Waals surface area contributed by atoms with Crippen molar-refractivity contribution >= 4 is 41.5 Å². The second kappa shape index (κ2) is 9.41. The standard InChI is InChI=1S/C22H25N3O6.HI/c1-25(11-17(23)26)9-8-13-10-16-20(31-12-30-16)21(29-3)18(13)19(25)22(27)24-14-4-6-15(28-2)7-5-14;/h4-7,10,19H,8-9,11-12H2,1-3H3,(H2-,23,24,26,27);1H. The molecule has 0 saturated carbocycles. The summed E-state index contributed by atoms with van der Waals surface area (Å²) >= 11 is 0. The fraction of sp³-hybridized carbons (Fsp3) is 0.364. The van der Waals surface area contributed by atoms with Gasteiger partial charge in [-0.1, -0.05) is 0 Å². The molecular formula is C22H26IN3O6. The Morgan fingerprint density at radius 3 is 2.59 bits per heavy atom. The number of quaternary nitrogens is 1. The van der Waals surface area contributed by atoms with Crippen LogP contribution in [-0.4, -0.2) is 57.4 Å². The van der Waals surface area contributed by atoms with Crippen LogP contribution in [0.1, 0.15) is 17.2 Å². The smallest absolute Gasteiger partial charge is 0.287 e. The van der Waals surface area contributed by atoms with Gasteiger partial charge in [-0.3, -0.25) is 4.79 Å². The Morgan fingerprint density at radius 1 is 1.25 bits per heavy atom. The van der Waals surface area contributed by atoms with Crippen molar-refractivity contribution in [1.82, 2.24) is 0 Å². The SMILES string of the molecule is COc1ccc(NC(=O)C2c3c(cc4c(c3OC)OCO4)CC[N+]2(C)CC(=N)[O-])cc1.I. The lowest BCUT2D eigenvalue weighted by molar-refractivity contribution is -0.925. The van der Waals surface area contributed by atoms with Crippen molar-refractivity contribution in [2.75, 3.05) is 46.5 Å². The van der Waals surface area contributed by atoms with Gasteiger partial charge in [0.05, 0.1) is 33.4 Å². The zero-order valence-electron chi connectivity index (χ0n) is 18.1. The number of carbonyl (C=O) groups excluding carboxylic acids is 1. The van der Waals surface area contributed by atoms with Crippen LogP contribution in [0, 0.1) is 5.41 Å². The largest absolute Gasteiger partial charge is 0.858 e. The summed E-state index contributed by atoms with van der Waals surface area (Å²) in [6.07, 6.45) is 0.610. The van der Waals surface area contributed by atoms with E-state index < -0.39 is 11.9 Å². The van der Waals surface area contributed by atoms with E-state index in [0.717, 1.165) is 5.56 Å². The third-order valence-electron chi connectivity index (χ3n) is 5.85. The highest BCUT2D eigenvalue weighted by Crippen LogP contribution is 2.51. The molecule has 2 aliphatic rings. The number of benzene rings is 2. The van der Waals surface area contributed by atoms with Crippen LogP contribution in [0.3, 0.4) is 0 Å². The quantitative estimate of drug-likeness (QED) is 0.244. The van der Waals surface area contributed by atoms with Crippen LogP contribution in [0.4, 0.5) is 5.69 Å². The lowest BCUT2D eigenvalue weighted by Gasteiger charge is -2.45. The van der Waals surface area contributed by atoms with E-state index in [4.69, 9.17) is 24.4 Å². The van der Waals surface area contributed by atoms with Crippen molar-refractivity contribution in [3.8, 4) is 23.0 Å². The van der Waals surface area contributed by atoms with Crippen molar-refractivity contribution in [2.24, 2.45) is 0 Å². The first-order valence-electron chi connectivity index (χ1n) is 9.89. The Morgan fingerprint density at radius 2 is 1.97 bits per heavy atom. The van der Waals surface area contributed by atoms with Crippen molar-refractivity contribution in [1.29, 1.82) is 5.41 Å². The highest BCUT2D eigenvalue weighted by atomic mass is 127. The average molecular weight is 555 g/mol. The Kier molecular flexibility index (Phi) is 7.03. The van der Waals surface area contributed by atoms with Crippen LogP contribution in [0.25, 0.3) is 0 Å². The van der Waals surface area contributed by atoms with Gasteiger partial charge >= 0.3 is 0 Å². The summed E-state index contributed by atoms with van der Waals surface area (Å²) in [7, 11) is 4.91. The lowest BCUT2D eigenvalue weighted by Crippen LogP contribution is -2.58. The molecule has 172 valence electrons. The predicted octanol–water partition coefficient (Wildman–Crippen LogP) is 2.07. The third kappa shape index (κ3) is 4.29. The van der Waals surface area contributed by atoms with Gasteiger partial charge in [-0.05, 0) is 35.9 Å². The van der Waals surface area contributed by atoms with E-state index in [9.17, 15) is 9.90 Å². The second-order valence-electron chi connectivity index (χ2n) is 7.87. The molecule has 2 unspecified atom stereocenters. The molecule has 2 N–H and O–H groups in total. The van der Waals surface area contributed by atoms with Crippen LogP contribution in [-0.2, 0) is 11.2 Å². The van der Waals surface area contributed by atoms with E-state index in [0.29, 0.717) is 47.2 Å². The molecule has 0 fully saturated rings. The van der Waals surface area contributed by atoms with Crippen molar-refractivity contribution in [2.45, 2.75) is 12.5 Å². The molecule has 9 nitrogen and oxygen atoms in total. The number of carbonyl (C=O) groups is 1. The Labute approximate surface area is 203 Å². The molecule has 2 aromatic rings. The highest BCUT2D eigenvalue weighted by molar-refractivity contribution is 14.0. The number of amides is 1. The van der Waals surface area contributed by atoms with Crippen molar-refractivity contribution < 1.29 is 33.3 Å².